The maximum Gasteiger partial charge on any atom is 0.157 e. The molecule has 3 rings (SSSR count). The van der Waals surface area contributed by atoms with E-state index in [2.05, 4.69) is 22.0 Å². The molecule has 104 valence electrons. The molecule has 0 bridgehead atoms. The number of pyridine rings is 1. The third-order valence-corrected chi connectivity index (χ3v) is 3.73. The second-order valence-corrected chi connectivity index (χ2v) is 5.09. The molecule has 0 amide bonds. The summed E-state index contributed by atoms with van der Waals surface area (Å²) in [6.45, 7) is 1.83. The van der Waals surface area contributed by atoms with Crippen LogP contribution in [0, 0.1) is 22.7 Å². The van der Waals surface area contributed by atoms with Crippen LogP contribution >= 0.6 is 0 Å². The summed E-state index contributed by atoms with van der Waals surface area (Å²) in [4.78, 5) is 6.77. The van der Waals surface area contributed by atoms with Crippen LogP contribution in [0.4, 0.5) is 5.82 Å². The van der Waals surface area contributed by atoms with Crippen molar-refractivity contribution in [2.45, 2.75) is 19.3 Å². The van der Waals surface area contributed by atoms with E-state index in [1.165, 1.54) is 6.42 Å². The molecule has 3 heterocycles. The Bertz CT molecular complexity index is 712. The highest BCUT2D eigenvalue weighted by atomic mass is 15.2. The average Bonchev–Trinajstić information content (AvgIpc) is 3.08. The number of hydrogen-bond acceptors (Lipinski definition) is 4. The largest absolute Gasteiger partial charge is 0.355 e. The number of hydrogen-bond donors (Lipinski definition) is 0. The monoisotopic (exact) mass is 277 g/mol. The molecule has 1 fully saturated rings. The van der Waals surface area contributed by atoms with Gasteiger partial charge in [-0.3, -0.25) is 0 Å². The van der Waals surface area contributed by atoms with Crippen LogP contribution in [0.3, 0.4) is 0 Å². The first-order valence-corrected chi connectivity index (χ1v) is 7.07. The van der Waals surface area contributed by atoms with Crippen LogP contribution in [0.5, 0.6) is 0 Å². The molecule has 2 aromatic rings. The molecule has 5 heteroatoms. The van der Waals surface area contributed by atoms with Crippen LogP contribution in [0.2, 0.25) is 0 Å². The zero-order chi connectivity index (χ0) is 14.7. The molecule has 0 unspecified atom stereocenters. The van der Waals surface area contributed by atoms with Crippen molar-refractivity contribution in [1.29, 1.82) is 10.5 Å². The van der Waals surface area contributed by atoms with E-state index < -0.39 is 0 Å². The van der Waals surface area contributed by atoms with Crippen molar-refractivity contribution in [3.05, 3.63) is 41.7 Å². The van der Waals surface area contributed by atoms with E-state index in [1.807, 2.05) is 29.1 Å². The molecule has 5 nitrogen and oxygen atoms in total. The Morgan fingerprint density at radius 2 is 1.52 bits per heavy atom. The lowest BCUT2D eigenvalue weighted by Gasteiger charge is -2.28. The van der Waals surface area contributed by atoms with Gasteiger partial charge in [-0.05, 0) is 37.5 Å². The van der Waals surface area contributed by atoms with Gasteiger partial charge in [-0.2, -0.15) is 10.5 Å². The van der Waals surface area contributed by atoms with Crippen molar-refractivity contribution in [3.63, 3.8) is 0 Å². The zero-order valence-electron chi connectivity index (χ0n) is 11.7. The number of anilines is 1. The van der Waals surface area contributed by atoms with Gasteiger partial charge in [0.15, 0.2) is 5.82 Å². The summed E-state index contributed by atoms with van der Waals surface area (Å²) < 4.78 is 1.81. The van der Waals surface area contributed by atoms with Crippen molar-refractivity contribution in [2.75, 3.05) is 18.0 Å². The number of piperidine rings is 1. The Balaban J connectivity index is 2.13. The van der Waals surface area contributed by atoms with Crippen molar-refractivity contribution in [3.8, 4) is 18.0 Å². The van der Waals surface area contributed by atoms with Gasteiger partial charge >= 0.3 is 0 Å². The first-order valence-electron chi connectivity index (χ1n) is 7.07. The van der Waals surface area contributed by atoms with Gasteiger partial charge in [-0.15, -0.1) is 0 Å². The Kier molecular flexibility index (Phi) is 3.57. The second kappa shape index (κ2) is 5.68. The van der Waals surface area contributed by atoms with Crippen LogP contribution in [-0.4, -0.2) is 22.6 Å². The van der Waals surface area contributed by atoms with Crippen LogP contribution in [0.25, 0.3) is 5.82 Å². The van der Waals surface area contributed by atoms with E-state index in [4.69, 9.17) is 0 Å². The van der Waals surface area contributed by atoms with Gasteiger partial charge in [0.2, 0.25) is 0 Å². The minimum absolute atomic E-state index is 0.420. The van der Waals surface area contributed by atoms with Crippen LogP contribution in [0.15, 0.2) is 30.6 Å². The first kappa shape index (κ1) is 13.2. The molecule has 1 aliphatic heterocycles. The molecule has 1 aliphatic rings. The number of nitrogens with zero attached hydrogens (tertiary/aromatic N) is 5. The maximum atomic E-state index is 9.36. The predicted octanol–water partition coefficient (Wildman–Crippen LogP) is 2.61. The minimum atomic E-state index is 0.420. The molecule has 0 radical (unpaired) electrons. The average molecular weight is 277 g/mol. The van der Waals surface area contributed by atoms with Gasteiger partial charge in [0.05, 0.1) is 11.1 Å². The molecule has 0 N–H and O–H groups in total. The zero-order valence-corrected chi connectivity index (χ0v) is 11.7. The Labute approximate surface area is 123 Å². The Morgan fingerprint density at radius 1 is 0.905 bits per heavy atom. The van der Waals surface area contributed by atoms with E-state index in [0.717, 1.165) is 25.9 Å². The highest BCUT2D eigenvalue weighted by Crippen LogP contribution is 2.25. The van der Waals surface area contributed by atoms with Crippen LogP contribution in [0.1, 0.15) is 30.4 Å². The predicted molar refractivity (Wildman–Crippen MR) is 79.1 cm³/mol. The Hall–Kier alpha value is -2.79. The van der Waals surface area contributed by atoms with Crippen molar-refractivity contribution in [2.24, 2.45) is 0 Å². The normalized spacial score (nSPS) is 14.5. The first-order chi connectivity index (χ1) is 10.3. The van der Waals surface area contributed by atoms with Crippen molar-refractivity contribution < 1.29 is 0 Å². The third kappa shape index (κ3) is 2.46. The van der Waals surface area contributed by atoms with Crippen LogP contribution in [-0.2, 0) is 0 Å². The molecule has 1 saturated heterocycles. The maximum absolute atomic E-state index is 9.36. The SMILES string of the molecule is N#Cc1cc(C#N)c(-n2cccc2)nc1N1CCCCC1. The summed E-state index contributed by atoms with van der Waals surface area (Å²) in [6, 6.07) is 9.74. The number of aromatic nitrogens is 2. The standard InChI is InChI=1S/C16H15N5/c17-11-13-10-14(12-18)16(21-8-4-5-9-21)19-15(13)20-6-2-1-3-7-20/h4-5,8-10H,1-3,6-7H2. The fourth-order valence-corrected chi connectivity index (χ4v) is 2.68. The summed E-state index contributed by atoms with van der Waals surface area (Å²) in [6.07, 6.45) is 7.17. The van der Waals surface area contributed by atoms with Crippen molar-refractivity contribution >= 4 is 5.82 Å². The molecule has 0 atom stereocenters. The van der Waals surface area contributed by atoms with E-state index >= 15 is 0 Å². The molecular weight excluding hydrogens is 262 g/mol. The topological polar surface area (TPSA) is 68.6 Å². The van der Waals surface area contributed by atoms with Gasteiger partial charge in [0, 0.05) is 25.5 Å². The summed E-state index contributed by atoms with van der Waals surface area (Å²) in [7, 11) is 0. The summed E-state index contributed by atoms with van der Waals surface area (Å²) in [5.74, 6) is 1.28. The summed E-state index contributed by atoms with van der Waals surface area (Å²) >= 11 is 0. The summed E-state index contributed by atoms with van der Waals surface area (Å²) in [5, 5.41) is 18.7. The van der Waals surface area contributed by atoms with Gasteiger partial charge in [-0.1, -0.05) is 0 Å². The lowest BCUT2D eigenvalue weighted by Crippen LogP contribution is -2.31. The quantitative estimate of drug-likeness (QED) is 0.846. The minimum Gasteiger partial charge on any atom is -0.355 e. The lowest BCUT2D eigenvalue weighted by molar-refractivity contribution is 0.572. The second-order valence-electron chi connectivity index (χ2n) is 5.09. The molecular formula is C16H15N5. The van der Waals surface area contributed by atoms with Crippen LogP contribution < -0.4 is 4.90 Å². The molecule has 21 heavy (non-hydrogen) atoms. The highest BCUT2D eigenvalue weighted by molar-refractivity contribution is 5.61. The van der Waals surface area contributed by atoms with E-state index in [1.54, 1.807) is 6.07 Å². The fourth-order valence-electron chi connectivity index (χ4n) is 2.68. The van der Waals surface area contributed by atoms with E-state index in [0.29, 0.717) is 22.8 Å². The van der Waals surface area contributed by atoms with Crippen molar-refractivity contribution in [1.82, 2.24) is 9.55 Å². The molecule has 0 aromatic carbocycles. The smallest absolute Gasteiger partial charge is 0.157 e. The Morgan fingerprint density at radius 3 is 2.14 bits per heavy atom. The number of rotatable bonds is 2. The molecule has 0 saturated carbocycles. The summed E-state index contributed by atoms with van der Waals surface area (Å²) in [5.41, 5.74) is 0.896. The highest BCUT2D eigenvalue weighted by Gasteiger charge is 2.19. The molecule has 0 aliphatic carbocycles. The fraction of sp³-hybridized carbons (Fsp3) is 0.312. The molecule has 2 aromatic heterocycles. The van der Waals surface area contributed by atoms with E-state index in [9.17, 15) is 10.5 Å². The van der Waals surface area contributed by atoms with Gasteiger partial charge < -0.3 is 9.47 Å². The third-order valence-electron chi connectivity index (χ3n) is 3.73. The van der Waals surface area contributed by atoms with E-state index in [-0.39, 0.29) is 0 Å². The van der Waals surface area contributed by atoms with Gasteiger partial charge in [-0.25, -0.2) is 4.98 Å². The van der Waals surface area contributed by atoms with Gasteiger partial charge in [0.1, 0.15) is 18.0 Å². The number of nitriles is 2. The lowest BCUT2D eigenvalue weighted by atomic mass is 10.1. The molecule has 0 spiro atoms. The van der Waals surface area contributed by atoms with Gasteiger partial charge in [0.25, 0.3) is 0 Å².